The van der Waals surface area contributed by atoms with Gasteiger partial charge in [0.2, 0.25) is 0 Å². The Hall–Kier alpha value is -4.29. The lowest BCUT2D eigenvalue weighted by atomic mass is 10.1. The van der Waals surface area contributed by atoms with Crippen molar-refractivity contribution in [1.29, 1.82) is 10.5 Å². The first-order valence-electron chi connectivity index (χ1n) is 7.89. The Kier molecular flexibility index (Phi) is 5.02. The van der Waals surface area contributed by atoms with Gasteiger partial charge in [0.05, 0.1) is 28.8 Å². The molecule has 0 radical (unpaired) electrons. The molecular weight excluding hydrogens is 342 g/mol. The molecular formula is C21H13N3O3. The van der Waals surface area contributed by atoms with Crippen molar-refractivity contribution in [2.24, 2.45) is 5.73 Å². The Morgan fingerprint density at radius 3 is 1.70 bits per heavy atom. The standard InChI is InChI=1S/C21H13N3O3/c22-12-14-1-5-16(6-2-14)26-18-9-10-19(21(24)25)20(11-18)27-17-7-3-15(13-23)4-8-17/h1-11H,(H2,24,25). The summed E-state index contributed by atoms with van der Waals surface area (Å²) in [5.41, 5.74) is 6.64. The quantitative estimate of drug-likeness (QED) is 0.740. The van der Waals surface area contributed by atoms with Gasteiger partial charge in [-0.05, 0) is 60.7 Å². The second kappa shape index (κ2) is 7.73. The van der Waals surface area contributed by atoms with Crippen LogP contribution < -0.4 is 15.2 Å². The summed E-state index contributed by atoms with van der Waals surface area (Å²) >= 11 is 0. The van der Waals surface area contributed by atoms with E-state index in [2.05, 4.69) is 0 Å². The monoisotopic (exact) mass is 355 g/mol. The number of nitriles is 2. The van der Waals surface area contributed by atoms with Crippen LogP contribution in [0.2, 0.25) is 0 Å². The summed E-state index contributed by atoms with van der Waals surface area (Å²) in [6, 6.07) is 21.8. The van der Waals surface area contributed by atoms with Crippen LogP contribution in [0.3, 0.4) is 0 Å². The molecule has 0 saturated carbocycles. The van der Waals surface area contributed by atoms with E-state index in [1.165, 1.54) is 6.07 Å². The predicted octanol–water partition coefficient (Wildman–Crippen LogP) is 4.11. The van der Waals surface area contributed by atoms with Crippen molar-refractivity contribution in [3.63, 3.8) is 0 Å². The van der Waals surface area contributed by atoms with Crippen LogP contribution in [-0.4, -0.2) is 5.91 Å². The number of benzene rings is 3. The van der Waals surface area contributed by atoms with Crippen LogP contribution in [0.25, 0.3) is 0 Å². The fourth-order valence-electron chi connectivity index (χ4n) is 2.31. The van der Waals surface area contributed by atoms with Gasteiger partial charge < -0.3 is 15.2 Å². The fraction of sp³-hybridized carbons (Fsp3) is 0. The fourth-order valence-corrected chi connectivity index (χ4v) is 2.31. The van der Waals surface area contributed by atoms with Gasteiger partial charge in [0.1, 0.15) is 23.0 Å². The largest absolute Gasteiger partial charge is 0.457 e. The number of carbonyl (C=O) groups excluding carboxylic acids is 1. The lowest BCUT2D eigenvalue weighted by molar-refractivity contribution is 0.0998. The summed E-state index contributed by atoms with van der Waals surface area (Å²) in [5, 5.41) is 17.7. The first kappa shape index (κ1) is 17.5. The molecule has 3 rings (SSSR count). The summed E-state index contributed by atoms with van der Waals surface area (Å²) in [7, 11) is 0. The number of hydrogen-bond acceptors (Lipinski definition) is 5. The highest BCUT2D eigenvalue weighted by atomic mass is 16.5. The van der Waals surface area contributed by atoms with Gasteiger partial charge in [0.25, 0.3) is 5.91 Å². The van der Waals surface area contributed by atoms with Crippen molar-refractivity contribution >= 4 is 5.91 Å². The van der Waals surface area contributed by atoms with Crippen LogP contribution in [0.1, 0.15) is 21.5 Å². The van der Waals surface area contributed by atoms with E-state index in [1.807, 2.05) is 12.1 Å². The lowest BCUT2D eigenvalue weighted by Crippen LogP contribution is -2.12. The van der Waals surface area contributed by atoms with Crippen LogP contribution in [-0.2, 0) is 0 Å². The molecule has 0 spiro atoms. The second-order valence-electron chi connectivity index (χ2n) is 5.50. The van der Waals surface area contributed by atoms with Gasteiger partial charge in [-0.2, -0.15) is 10.5 Å². The molecule has 2 N–H and O–H groups in total. The van der Waals surface area contributed by atoms with Crippen LogP contribution in [0.15, 0.2) is 66.7 Å². The van der Waals surface area contributed by atoms with Crippen molar-refractivity contribution in [1.82, 2.24) is 0 Å². The van der Waals surface area contributed by atoms with E-state index < -0.39 is 5.91 Å². The van der Waals surface area contributed by atoms with Crippen molar-refractivity contribution < 1.29 is 14.3 Å². The summed E-state index contributed by atoms with van der Waals surface area (Å²) in [6.45, 7) is 0. The molecule has 0 aliphatic rings. The van der Waals surface area contributed by atoms with Crippen LogP contribution in [0, 0.1) is 22.7 Å². The molecule has 0 aliphatic carbocycles. The molecule has 6 heteroatoms. The third kappa shape index (κ3) is 4.22. The van der Waals surface area contributed by atoms with Crippen LogP contribution in [0.4, 0.5) is 0 Å². The molecule has 0 aliphatic heterocycles. The first-order valence-corrected chi connectivity index (χ1v) is 7.89. The average molecular weight is 355 g/mol. The van der Waals surface area contributed by atoms with Gasteiger partial charge in [-0.25, -0.2) is 0 Å². The minimum absolute atomic E-state index is 0.200. The highest BCUT2D eigenvalue weighted by Gasteiger charge is 2.13. The van der Waals surface area contributed by atoms with Gasteiger partial charge in [-0.15, -0.1) is 0 Å². The van der Waals surface area contributed by atoms with Crippen molar-refractivity contribution in [2.45, 2.75) is 0 Å². The minimum atomic E-state index is -0.636. The molecule has 0 fully saturated rings. The van der Waals surface area contributed by atoms with Crippen molar-refractivity contribution in [2.75, 3.05) is 0 Å². The number of primary amides is 1. The van der Waals surface area contributed by atoms with E-state index in [0.29, 0.717) is 28.4 Å². The molecule has 3 aromatic carbocycles. The summed E-state index contributed by atoms with van der Waals surface area (Å²) in [5.74, 6) is 1.02. The lowest BCUT2D eigenvalue weighted by Gasteiger charge is -2.12. The molecule has 0 bridgehead atoms. The third-order valence-electron chi connectivity index (χ3n) is 3.65. The van der Waals surface area contributed by atoms with Gasteiger partial charge in [-0.3, -0.25) is 4.79 Å². The zero-order chi connectivity index (χ0) is 19.2. The summed E-state index contributed by atoms with van der Waals surface area (Å²) < 4.78 is 11.5. The van der Waals surface area contributed by atoms with Crippen molar-refractivity contribution in [3.8, 4) is 35.1 Å². The number of rotatable bonds is 5. The number of hydrogen-bond donors (Lipinski definition) is 1. The zero-order valence-corrected chi connectivity index (χ0v) is 14.0. The summed E-state index contributed by atoms with van der Waals surface area (Å²) in [6.07, 6.45) is 0. The molecule has 0 aromatic heterocycles. The van der Waals surface area contributed by atoms with E-state index in [4.69, 9.17) is 25.7 Å². The third-order valence-corrected chi connectivity index (χ3v) is 3.65. The average Bonchev–Trinajstić information content (AvgIpc) is 2.69. The number of amides is 1. The predicted molar refractivity (Wildman–Crippen MR) is 97.4 cm³/mol. The molecule has 1 amide bonds. The zero-order valence-electron chi connectivity index (χ0n) is 14.0. The van der Waals surface area contributed by atoms with Crippen LogP contribution in [0.5, 0.6) is 23.0 Å². The van der Waals surface area contributed by atoms with Gasteiger partial charge in [0, 0.05) is 6.07 Å². The number of nitrogens with two attached hydrogens (primary N) is 1. The Morgan fingerprint density at radius 2 is 1.22 bits per heavy atom. The van der Waals surface area contributed by atoms with E-state index in [1.54, 1.807) is 60.7 Å². The smallest absolute Gasteiger partial charge is 0.252 e. The molecule has 0 unspecified atom stereocenters. The number of ether oxygens (including phenoxy) is 2. The number of carbonyl (C=O) groups is 1. The maximum absolute atomic E-state index is 11.7. The number of nitrogens with zero attached hydrogens (tertiary/aromatic N) is 2. The Balaban J connectivity index is 1.88. The van der Waals surface area contributed by atoms with E-state index in [9.17, 15) is 4.79 Å². The highest BCUT2D eigenvalue weighted by molar-refractivity contribution is 5.96. The van der Waals surface area contributed by atoms with Gasteiger partial charge >= 0.3 is 0 Å². The Morgan fingerprint density at radius 1 is 0.741 bits per heavy atom. The van der Waals surface area contributed by atoms with E-state index in [-0.39, 0.29) is 11.3 Å². The molecule has 0 saturated heterocycles. The normalized spacial score (nSPS) is 9.70. The SMILES string of the molecule is N#Cc1ccc(Oc2ccc(C(N)=O)c(Oc3ccc(C#N)cc3)c2)cc1. The topological polar surface area (TPSA) is 109 Å². The van der Waals surface area contributed by atoms with E-state index >= 15 is 0 Å². The molecule has 130 valence electrons. The van der Waals surface area contributed by atoms with Crippen molar-refractivity contribution in [3.05, 3.63) is 83.4 Å². The Labute approximate surface area is 155 Å². The second-order valence-corrected chi connectivity index (χ2v) is 5.50. The molecule has 0 atom stereocenters. The maximum Gasteiger partial charge on any atom is 0.252 e. The summed E-state index contributed by atoms with van der Waals surface area (Å²) in [4.78, 5) is 11.7. The molecule has 0 heterocycles. The van der Waals surface area contributed by atoms with Gasteiger partial charge in [0.15, 0.2) is 0 Å². The van der Waals surface area contributed by atoms with E-state index in [0.717, 1.165) is 0 Å². The molecule has 3 aromatic rings. The van der Waals surface area contributed by atoms with Gasteiger partial charge in [-0.1, -0.05) is 0 Å². The maximum atomic E-state index is 11.7. The highest BCUT2D eigenvalue weighted by Crippen LogP contribution is 2.31. The molecule has 27 heavy (non-hydrogen) atoms. The molecule has 6 nitrogen and oxygen atoms in total. The first-order chi connectivity index (χ1) is 13.1. The Bertz CT molecular complexity index is 1060. The minimum Gasteiger partial charge on any atom is -0.457 e. The van der Waals surface area contributed by atoms with Crippen LogP contribution >= 0.6 is 0 Å².